The molecule has 0 fully saturated rings. The number of aromatic nitrogens is 6. The number of rotatable bonds is 7. The van der Waals surface area contributed by atoms with Crippen molar-refractivity contribution in [3.05, 3.63) is 564 Å². The molecule has 34 rings (SSSR count). The summed E-state index contributed by atoms with van der Waals surface area (Å²) in [6.45, 7) is 0. The minimum absolute atomic E-state index is 0.456. The van der Waals surface area contributed by atoms with Gasteiger partial charge in [-0.3, -0.25) is 13.7 Å². The average molecular weight is 1870 g/mol. The second-order valence-corrected chi connectivity index (χ2v) is 39.5. The molecular weight excluding hydrogens is 1790 g/mol. The molecule has 3 spiro atoms. The Bertz CT molecular complexity index is 10300. The van der Waals surface area contributed by atoms with Crippen LogP contribution in [0.4, 0.5) is 0 Å². The normalized spacial score (nSPS) is 13.6. The van der Waals surface area contributed by atoms with Crippen molar-refractivity contribution >= 4 is 98.9 Å². The lowest BCUT2D eigenvalue weighted by Crippen LogP contribution is -2.25. The first-order valence-electron chi connectivity index (χ1n) is 50.5. The van der Waals surface area contributed by atoms with Crippen molar-refractivity contribution in [1.29, 1.82) is 0 Å². The summed E-state index contributed by atoms with van der Waals surface area (Å²) in [5.74, 6) is 2.79. The van der Waals surface area contributed by atoms with Crippen LogP contribution in [0, 0.1) is 0 Å². The Kier molecular flexibility index (Phi) is 17.1. The van der Waals surface area contributed by atoms with E-state index in [1.165, 1.54) is 139 Å². The molecule has 6 aliphatic carbocycles. The van der Waals surface area contributed by atoms with Gasteiger partial charge in [-0.1, -0.05) is 406 Å². The van der Waals surface area contributed by atoms with Crippen LogP contribution in [-0.2, 0) is 16.2 Å². The first-order chi connectivity index (χ1) is 72.9. The lowest BCUT2D eigenvalue weighted by Gasteiger charge is -2.30. The van der Waals surface area contributed by atoms with Gasteiger partial charge in [0.1, 0.15) is 51.0 Å². The predicted octanol–water partition coefficient (Wildman–Crippen LogP) is 34.5. The Labute approximate surface area is 844 Å². The molecule has 9 heteroatoms. The molecule has 9 nitrogen and oxygen atoms in total. The van der Waals surface area contributed by atoms with Gasteiger partial charge in [0.25, 0.3) is 0 Å². The maximum atomic E-state index is 6.88. The third-order valence-corrected chi connectivity index (χ3v) is 32.5. The number of benzene rings is 22. The van der Waals surface area contributed by atoms with Crippen LogP contribution in [0.2, 0.25) is 0 Å². The van der Waals surface area contributed by atoms with Gasteiger partial charge < -0.3 is 13.3 Å². The van der Waals surface area contributed by atoms with E-state index in [9.17, 15) is 0 Å². The van der Waals surface area contributed by atoms with Crippen LogP contribution in [0.25, 0.3) is 228 Å². The van der Waals surface area contributed by atoms with Gasteiger partial charge in [-0.15, -0.1) is 0 Å². The summed E-state index contributed by atoms with van der Waals surface area (Å²) in [5.41, 5.74) is 49.7. The quantitative estimate of drug-likeness (QED) is 0.158. The second kappa shape index (κ2) is 30.8. The first kappa shape index (κ1) is 81.3. The van der Waals surface area contributed by atoms with Gasteiger partial charge in [0.2, 0.25) is 0 Å². The van der Waals surface area contributed by atoms with Crippen LogP contribution in [-0.4, -0.2) is 28.7 Å². The Morgan fingerprint density at radius 1 is 0.170 bits per heavy atom. The van der Waals surface area contributed by atoms with Gasteiger partial charge in [0.05, 0.1) is 55.0 Å². The monoisotopic (exact) mass is 1870 g/mol. The molecule has 22 aromatic carbocycles. The summed E-state index contributed by atoms with van der Waals surface area (Å²) in [7, 11) is 0. The van der Waals surface area contributed by atoms with E-state index < -0.39 is 16.2 Å². The van der Waals surface area contributed by atoms with Gasteiger partial charge in [0, 0.05) is 82.6 Å². The van der Waals surface area contributed by atoms with Crippen molar-refractivity contribution in [1.82, 2.24) is 28.7 Å². The summed E-state index contributed by atoms with van der Waals surface area (Å²) in [6, 6.07) is 179. The van der Waals surface area contributed by atoms with E-state index >= 15 is 0 Å². The molecule has 147 heavy (non-hydrogen) atoms. The molecule has 6 aliphatic rings. The minimum atomic E-state index is -0.496. The molecule has 682 valence electrons. The molecule has 0 atom stereocenters. The van der Waals surface area contributed by atoms with Crippen LogP contribution in [0.1, 0.15) is 66.8 Å². The number of nitrogens with zero attached hydrogens (tertiary/aromatic N) is 6. The fraction of sp³-hybridized carbons (Fsp3) is 0.0217. The molecule has 6 aromatic heterocycles. The Morgan fingerprint density at radius 3 is 0.918 bits per heavy atom. The SMILES string of the molecule is c1ccc(-c2nc3ccccc3n2-c2ccc(-c3ccc4c(c3)C3(c5ccccc5-c5ccccc53)c3ccc5c(oc6ccccc65)c3-4)cc2)cc1.c1ccc(-c2nc3ccccc3n2-c2ccc3c(c2)-c2c(ccc4c2oc2ccccc24)C32c3ccccc3-c3ccccc32)cc1.c1ccc(-c2nc3ccccc3n2-c2cccc3c2-c2c(ccc4c2oc2ccccc24)C32c3ccccc3-c3ccccc32)cc1. The fourth-order valence-electron chi connectivity index (χ4n) is 26.7. The van der Waals surface area contributed by atoms with Gasteiger partial charge in [0.15, 0.2) is 0 Å². The zero-order valence-electron chi connectivity index (χ0n) is 79.3. The summed E-state index contributed by atoms with van der Waals surface area (Å²) in [4.78, 5) is 15.5. The minimum Gasteiger partial charge on any atom is -0.455 e. The van der Waals surface area contributed by atoms with E-state index in [0.717, 1.165) is 156 Å². The highest BCUT2D eigenvalue weighted by Crippen LogP contribution is 2.69. The highest BCUT2D eigenvalue weighted by molar-refractivity contribution is 6.18. The summed E-state index contributed by atoms with van der Waals surface area (Å²) >= 11 is 0. The van der Waals surface area contributed by atoms with Crippen LogP contribution >= 0.6 is 0 Å². The number of hydrogen-bond donors (Lipinski definition) is 0. The van der Waals surface area contributed by atoms with Crippen LogP contribution in [0.3, 0.4) is 0 Å². The Morgan fingerprint density at radius 2 is 0.476 bits per heavy atom. The molecule has 0 saturated heterocycles. The zero-order chi connectivity index (χ0) is 96.1. The predicted molar refractivity (Wildman–Crippen MR) is 596 cm³/mol. The average Bonchev–Trinajstić information content (AvgIpc) is 1.50. The first-order valence-corrected chi connectivity index (χ1v) is 50.5. The van der Waals surface area contributed by atoms with Crippen molar-refractivity contribution in [3.8, 4) is 129 Å². The molecule has 0 saturated carbocycles. The molecule has 0 bridgehead atoms. The maximum Gasteiger partial charge on any atom is 0.145 e. The smallest absolute Gasteiger partial charge is 0.145 e. The highest BCUT2D eigenvalue weighted by atomic mass is 16.3. The number of para-hydroxylation sites is 9. The Balaban J connectivity index is 0.0000000982. The fourth-order valence-corrected chi connectivity index (χ4v) is 26.7. The van der Waals surface area contributed by atoms with Crippen molar-refractivity contribution in [2.45, 2.75) is 16.2 Å². The van der Waals surface area contributed by atoms with E-state index in [1.807, 2.05) is 6.07 Å². The van der Waals surface area contributed by atoms with Gasteiger partial charge in [-0.05, 0) is 213 Å². The zero-order valence-corrected chi connectivity index (χ0v) is 79.3. The number of furan rings is 3. The standard InChI is InChI=1S/C50H30N2O.2C44H26N2O/c1-2-12-32(13-3-1)49-51-44-19-9-10-20-45(44)52(49)34-25-22-31(23-26-34)33-24-27-39-43(30-33)50(40-17-7-4-14-35(40)36-15-5-8-18-41(36)50)42-29-28-38-37-16-6-11-21-46(37)53-48(38)47(39)42;1-2-13-27(14-3-1)43-45-36-21-9-10-22-37(36)46(43)38-23-12-20-34-40(38)41-35(26-25-31-30-17-6-11-24-39(30)47-42(31)41)44(34)32-18-7-4-15-28(32)29-16-5-8-19-33(29)44;1-2-12-27(13-3-1)43-45-38-19-9-10-20-39(38)46(43)28-22-24-36-33(26-28)41-37(25-23-32-31-16-6-11-21-40(31)47-42(32)41)44(36)34-17-7-4-14-29(34)30-15-5-8-18-35(30)44/h1-30H;2*1-26H. The van der Waals surface area contributed by atoms with Crippen molar-refractivity contribution < 1.29 is 13.3 Å². The molecule has 6 heterocycles. The van der Waals surface area contributed by atoms with Crippen molar-refractivity contribution in [2.75, 3.05) is 0 Å². The van der Waals surface area contributed by atoms with Gasteiger partial charge in [-0.25, -0.2) is 15.0 Å². The summed E-state index contributed by atoms with van der Waals surface area (Å²) in [5, 5.41) is 6.86. The molecule has 0 aliphatic heterocycles. The van der Waals surface area contributed by atoms with Crippen LogP contribution in [0.15, 0.2) is 511 Å². The van der Waals surface area contributed by atoms with Crippen LogP contribution in [0.5, 0.6) is 0 Å². The summed E-state index contributed by atoms with van der Waals surface area (Å²) in [6.07, 6.45) is 0. The van der Waals surface area contributed by atoms with E-state index in [2.05, 4.69) is 505 Å². The van der Waals surface area contributed by atoms with E-state index in [0.29, 0.717) is 0 Å². The molecule has 0 radical (unpaired) electrons. The van der Waals surface area contributed by atoms with Gasteiger partial charge >= 0.3 is 0 Å². The van der Waals surface area contributed by atoms with Gasteiger partial charge in [-0.2, -0.15) is 0 Å². The Hall–Kier alpha value is -19.4. The lowest BCUT2D eigenvalue weighted by molar-refractivity contribution is 0.668. The van der Waals surface area contributed by atoms with E-state index in [1.54, 1.807) is 0 Å². The van der Waals surface area contributed by atoms with E-state index in [4.69, 9.17) is 28.2 Å². The topological polar surface area (TPSA) is 92.9 Å². The highest BCUT2D eigenvalue weighted by Gasteiger charge is 2.57. The third-order valence-electron chi connectivity index (χ3n) is 32.5. The molecular formula is C138H82N6O3. The van der Waals surface area contributed by atoms with Crippen LogP contribution < -0.4 is 0 Å². The maximum absolute atomic E-state index is 6.88. The number of imidazole rings is 3. The lowest BCUT2D eigenvalue weighted by atomic mass is 9.70. The molecule has 0 amide bonds. The number of fused-ring (bicyclic) bond motifs is 45. The summed E-state index contributed by atoms with van der Waals surface area (Å²) < 4.78 is 27.4. The molecule has 0 N–H and O–H groups in total. The largest absolute Gasteiger partial charge is 0.455 e. The number of hydrogen-bond acceptors (Lipinski definition) is 6. The third kappa shape index (κ3) is 11.1. The van der Waals surface area contributed by atoms with Crippen molar-refractivity contribution in [2.24, 2.45) is 0 Å². The molecule has 0 unspecified atom stereocenters. The second-order valence-electron chi connectivity index (χ2n) is 39.5. The molecule has 28 aromatic rings. The van der Waals surface area contributed by atoms with E-state index in [-0.39, 0.29) is 0 Å². The van der Waals surface area contributed by atoms with Crippen molar-refractivity contribution in [3.63, 3.8) is 0 Å².